The van der Waals surface area contributed by atoms with E-state index in [4.69, 9.17) is 11.6 Å². The fourth-order valence-electron chi connectivity index (χ4n) is 2.37. The van der Waals surface area contributed by atoms with Gasteiger partial charge in [-0.2, -0.15) is 0 Å². The Balaban J connectivity index is 1.79. The summed E-state index contributed by atoms with van der Waals surface area (Å²) in [5.74, 6) is 0. The van der Waals surface area contributed by atoms with Gasteiger partial charge >= 0.3 is 0 Å². The van der Waals surface area contributed by atoms with Crippen molar-refractivity contribution in [3.63, 3.8) is 0 Å². The van der Waals surface area contributed by atoms with E-state index in [1.54, 1.807) is 0 Å². The molecule has 1 aromatic carbocycles. The Labute approximate surface area is 95.8 Å². The molecule has 0 bridgehead atoms. The van der Waals surface area contributed by atoms with Crippen LogP contribution in [0.25, 0.3) is 0 Å². The maximum Gasteiger partial charge on any atom is 0.0438 e. The zero-order chi connectivity index (χ0) is 10.3. The van der Waals surface area contributed by atoms with Gasteiger partial charge in [-0.25, -0.2) is 0 Å². The Morgan fingerprint density at radius 3 is 2.60 bits per heavy atom. The lowest BCUT2D eigenvalue weighted by Crippen LogP contribution is -2.42. The van der Waals surface area contributed by atoms with Crippen molar-refractivity contribution in [3.8, 4) is 0 Å². The van der Waals surface area contributed by atoms with E-state index in [-0.39, 0.29) is 5.54 Å². The van der Waals surface area contributed by atoms with E-state index < -0.39 is 0 Å². The van der Waals surface area contributed by atoms with E-state index in [9.17, 15) is 0 Å². The maximum absolute atomic E-state index is 6.04. The van der Waals surface area contributed by atoms with Crippen molar-refractivity contribution in [1.29, 1.82) is 0 Å². The van der Waals surface area contributed by atoms with Gasteiger partial charge < -0.3 is 5.32 Å². The quantitative estimate of drug-likeness (QED) is 0.824. The van der Waals surface area contributed by atoms with Crippen molar-refractivity contribution in [2.24, 2.45) is 0 Å². The van der Waals surface area contributed by atoms with E-state index in [1.807, 2.05) is 6.07 Å². The summed E-state index contributed by atoms with van der Waals surface area (Å²) in [6, 6.07) is 9.07. The molecule has 80 valence electrons. The molecular formula is C13H16ClN. The first-order valence-corrected chi connectivity index (χ1v) is 6.20. The third-order valence-electron chi connectivity index (χ3n) is 3.71. The summed E-state index contributed by atoms with van der Waals surface area (Å²) in [5.41, 5.74) is 1.65. The van der Waals surface area contributed by atoms with Crippen LogP contribution in [-0.2, 0) is 5.54 Å². The molecule has 0 spiro atoms. The molecule has 2 aliphatic rings. The van der Waals surface area contributed by atoms with E-state index in [0.717, 1.165) is 11.1 Å². The molecule has 2 heteroatoms. The van der Waals surface area contributed by atoms with Crippen molar-refractivity contribution in [2.75, 3.05) is 0 Å². The van der Waals surface area contributed by atoms with Crippen LogP contribution in [0.1, 0.15) is 37.7 Å². The van der Waals surface area contributed by atoms with Crippen LogP contribution in [0.15, 0.2) is 24.3 Å². The molecule has 0 heterocycles. The van der Waals surface area contributed by atoms with Gasteiger partial charge in [0.25, 0.3) is 0 Å². The van der Waals surface area contributed by atoms with Crippen molar-refractivity contribution in [1.82, 2.24) is 5.32 Å². The Hall–Kier alpha value is -0.530. The minimum absolute atomic E-state index is 0.274. The second-order valence-corrected chi connectivity index (χ2v) is 5.30. The molecule has 2 fully saturated rings. The monoisotopic (exact) mass is 221 g/mol. The molecule has 1 N–H and O–H groups in total. The molecule has 0 amide bonds. The SMILES string of the molecule is Clc1cccc(C2(NC3CCC3)CC2)c1. The smallest absolute Gasteiger partial charge is 0.0438 e. The first-order valence-electron chi connectivity index (χ1n) is 5.82. The highest BCUT2D eigenvalue weighted by Crippen LogP contribution is 2.47. The highest BCUT2D eigenvalue weighted by molar-refractivity contribution is 6.30. The van der Waals surface area contributed by atoms with Crippen LogP contribution in [0.4, 0.5) is 0 Å². The Kier molecular flexibility index (Phi) is 2.26. The van der Waals surface area contributed by atoms with E-state index in [0.29, 0.717) is 0 Å². The Morgan fingerprint density at radius 2 is 2.07 bits per heavy atom. The second kappa shape index (κ2) is 3.50. The molecular weight excluding hydrogens is 206 g/mol. The predicted octanol–water partition coefficient (Wildman–Crippen LogP) is 3.47. The lowest BCUT2D eigenvalue weighted by atomic mass is 9.91. The Bertz CT molecular complexity index is 367. The van der Waals surface area contributed by atoms with Gasteiger partial charge in [0.15, 0.2) is 0 Å². The van der Waals surface area contributed by atoms with E-state index in [2.05, 4.69) is 23.5 Å². The van der Waals surface area contributed by atoms with Gasteiger partial charge in [0.2, 0.25) is 0 Å². The zero-order valence-electron chi connectivity index (χ0n) is 8.80. The largest absolute Gasteiger partial charge is 0.305 e. The molecule has 2 saturated carbocycles. The van der Waals surface area contributed by atoms with E-state index in [1.165, 1.54) is 37.7 Å². The summed E-state index contributed by atoms with van der Waals surface area (Å²) in [7, 11) is 0. The van der Waals surface area contributed by atoms with Gasteiger partial charge in [0.1, 0.15) is 0 Å². The summed E-state index contributed by atoms with van der Waals surface area (Å²) in [4.78, 5) is 0. The van der Waals surface area contributed by atoms with Crippen LogP contribution in [0.5, 0.6) is 0 Å². The van der Waals surface area contributed by atoms with Crippen molar-refractivity contribution < 1.29 is 0 Å². The van der Waals surface area contributed by atoms with Gasteiger partial charge in [-0.15, -0.1) is 0 Å². The van der Waals surface area contributed by atoms with Crippen LogP contribution in [0.3, 0.4) is 0 Å². The summed E-state index contributed by atoms with van der Waals surface area (Å²) in [6.07, 6.45) is 6.63. The number of rotatable bonds is 3. The summed E-state index contributed by atoms with van der Waals surface area (Å²) in [6.45, 7) is 0. The van der Waals surface area contributed by atoms with Gasteiger partial charge in [0, 0.05) is 16.6 Å². The minimum atomic E-state index is 0.274. The van der Waals surface area contributed by atoms with Gasteiger partial charge in [-0.1, -0.05) is 30.2 Å². The first-order chi connectivity index (χ1) is 7.28. The first kappa shape index (κ1) is 9.68. The van der Waals surface area contributed by atoms with Crippen LogP contribution in [0, 0.1) is 0 Å². The fraction of sp³-hybridized carbons (Fsp3) is 0.538. The standard InChI is InChI=1S/C13H16ClN/c14-11-4-1-3-10(9-11)13(7-8-13)15-12-5-2-6-12/h1,3-4,9,12,15H,2,5-8H2. The van der Waals surface area contributed by atoms with E-state index >= 15 is 0 Å². The average Bonchev–Trinajstić information content (AvgIpc) is 2.93. The molecule has 0 saturated heterocycles. The molecule has 1 aromatic rings. The van der Waals surface area contributed by atoms with Crippen LogP contribution < -0.4 is 5.32 Å². The summed E-state index contributed by atoms with van der Waals surface area (Å²) >= 11 is 6.04. The molecule has 0 unspecified atom stereocenters. The second-order valence-electron chi connectivity index (χ2n) is 4.86. The third-order valence-corrected chi connectivity index (χ3v) is 3.95. The number of benzene rings is 1. The molecule has 0 aliphatic heterocycles. The number of halogens is 1. The molecule has 2 aliphatic carbocycles. The van der Waals surface area contributed by atoms with Gasteiger partial charge in [0.05, 0.1) is 0 Å². The summed E-state index contributed by atoms with van der Waals surface area (Å²) < 4.78 is 0. The number of hydrogen-bond acceptors (Lipinski definition) is 1. The van der Waals surface area contributed by atoms with Crippen LogP contribution in [-0.4, -0.2) is 6.04 Å². The van der Waals surface area contributed by atoms with Crippen LogP contribution in [0.2, 0.25) is 5.02 Å². The molecule has 0 atom stereocenters. The number of nitrogens with one attached hydrogen (secondary N) is 1. The predicted molar refractivity (Wildman–Crippen MR) is 63.1 cm³/mol. The third kappa shape index (κ3) is 1.79. The topological polar surface area (TPSA) is 12.0 Å². The lowest BCUT2D eigenvalue weighted by molar-refractivity contribution is 0.295. The summed E-state index contributed by atoms with van der Waals surface area (Å²) in [5, 5.41) is 4.64. The zero-order valence-corrected chi connectivity index (χ0v) is 9.56. The van der Waals surface area contributed by atoms with Crippen molar-refractivity contribution in [3.05, 3.63) is 34.9 Å². The van der Waals surface area contributed by atoms with Gasteiger partial charge in [-0.05, 0) is 43.4 Å². The maximum atomic E-state index is 6.04. The lowest BCUT2D eigenvalue weighted by Gasteiger charge is -2.32. The Morgan fingerprint density at radius 1 is 1.27 bits per heavy atom. The highest BCUT2D eigenvalue weighted by atomic mass is 35.5. The highest BCUT2D eigenvalue weighted by Gasteiger charge is 2.46. The fourth-order valence-corrected chi connectivity index (χ4v) is 2.56. The van der Waals surface area contributed by atoms with Crippen LogP contribution >= 0.6 is 11.6 Å². The van der Waals surface area contributed by atoms with Crippen molar-refractivity contribution >= 4 is 11.6 Å². The normalized spacial score (nSPS) is 23.5. The van der Waals surface area contributed by atoms with Gasteiger partial charge in [-0.3, -0.25) is 0 Å². The average molecular weight is 222 g/mol. The molecule has 1 nitrogen and oxygen atoms in total. The van der Waals surface area contributed by atoms with Crippen molar-refractivity contribution in [2.45, 2.75) is 43.7 Å². The molecule has 3 rings (SSSR count). The molecule has 0 radical (unpaired) electrons. The molecule has 0 aromatic heterocycles. The molecule has 15 heavy (non-hydrogen) atoms. The number of hydrogen-bond donors (Lipinski definition) is 1. The minimum Gasteiger partial charge on any atom is -0.305 e.